The Morgan fingerprint density at radius 3 is 2.14 bits per heavy atom. The lowest BCUT2D eigenvalue weighted by molar-refractivity contribution is 0.119. The van der Waals surface area contributed by atoms with E-state index in [0.29, 0.717) is 11.3 Å². The summed E-state index contributed by atoms with van der Waals surface area (Å²) in [6.45, 7) is 3.75. The minimum absolute atomic E-state index is 0.00288. The van der Waals surface area contributed by atoms with E-state index < -0.39 is 0 Å². The summed E-state index contributed by atoms with van der Waals surface area (Å²) in [7, 11) is 4.82. The van der Waals surface area contributed by atoms with Gasteiger partial charge in [-0.3, -0.25) is 9.36 Å². The molecule has 0 aliphatic heterocycles. The van der Waals surface area contributed by atoms with E-state index in [0.717, 1.165) is 15.7 Å². The molecule has 112 valence electrons. The summed E-state index contributed by atoms with van der Waals surface area (Å²) >= 11 is 0. The Morgan fingerprint density at radius 2 is 1.62 bits per heavy atom. The normalized spacial score (nSPS) is 12.4. The summed E-state index contributed by atoms with van der Waals surface area (Å²) in [5.41, 5.74) is 2.47. The molecule has 0 N–H and O–H groups in total. The third-order valence-electron chi connectivity index (χ3n) is 3.98. The second-order valence-electron chi connectivity index (χ2n) is 5.17. The lowest BCUT2D eigenvalue weighted by Crippen LogP contribution is -2.39. The molecular weight excluding hydrogens is 268 g/mol. The highest BCUT2D eigenvalue weighted by atomic mass is 16.5. The fourth-order valence-electron chi connectivity index (χ4n) is 2.33. The van der Waals surface area contributed by atoms with E-state index in [1.807, 2.05) is 31.2 Å². The molecule has 0 aliphatic rings. The molecule has 2 aromatic rings. The Kier molecular flexibility index (Phi) is 4.14. The van der Waals surface area contributed by atoms with Gasteiger partial charge in [0.1, 0.15) is 0 Å². The van der Waals surface area contributed by atoms with E-state index in [9.17, 15) is 9.59 Å². The number of aromatic nitrogens is 2. The van der Waals surface area contributed by atoms with Crippen LogP contribution in [-0.2, 0) is 18.8 Å². The second-order valence-corrected chi connectivity index (χ2v) is 5.17. The summed E-state index contributed by atoms with van der Waals surface area (Å²) in [4.78, 5) is 24.2. The van der Waals surface area contributed by atoms with E-state index in [4.69, 9.17) is 4.74 Å². The Labute approximate surface area is 123 Å². The minimum Gasteiger partial charge on any atom is -0.377 e. The van der Waals surface area contributed by atoms with Crippen LogP contribution < -0.4 is 11.2 Å². The van der Waals surface area contributed by atoms with Crippen LogP contribution >= 0.6 is 0 Å². The first-order valence-electron chi connectivity index (χ1n) is 6.78. The average Bonchev–Trinajstić information content (AvgIpc) is 2.51. The van der Waals surface area contributed by atoms with Crippen molar-refractivity contribution in [1.29, 1.82) is 0 Å². The molecule has 2 rings (SSSR count). The molecular formula is C16H20N2O3. The van der Waals surface area contributed by atoms with Gasteiger partial charge in [-0.25, -0.2) is 4.79 Å². The van der Waals surface area contributed by atoms with Crippen LogP contribution in [0.4, 0.5) is 0 Å². The number of benzene rings is 1. The van der Waals surface area contributed by atoms with Crippen molar-refractivity contribution < 1.29 is 4.74 Å². The maximum Gasteiger partial charge on any atom is 0.330 e. The second kappa shape index (κ2) is 5.69. The highest BCUT2D eigenvalue weighted by Gasteiger charge is 2.14. The molecule has 5 nitrogen and oxygen atoms in total. The third kappa shape index (κ3) is 2.56. The maximum absolute atomic E-state index is 12.4. The summed E-state index contributed by atoms with van der Waals surface area (Å²) in [5.74, 6) is 0. The van der Waals surface area contributed by atoms with E-state index in [1.54, 1.807) is 21.1 Å². The first-order chi connectivity index (χ1) is 9.88. The number of nitrogens with zero attached hydrogens (tertiary/aromatic N) is 2. The van der Waals surface area contributed by atoms with Crippen LogP contribution in [0.15, 0.2) is 33.9 Å². The molecule has 1 aromatic carbocycles. The van der Waals surface area contributed by atoms with Gasteiger partial charge in [0.2, 0.25) is 0 Å². The molecule has 0 radical (unpaired) electrons. The van der Waals surface area contributed by atoms with Gasteiger partial charge in [0, 0.05) is 26.9 Å². The van der Waals surface area contributed by atoms with Crippen molar-refractivity contribution in [3.63, 3.8) is 0 Å². The predicted molar refractivity (Wildman–Crippen MR) is 82.5 cm³/mol. The Bertz CT molecular complexity index is 770. The van der Waals surface area contributed by atoms with Crippen molar-refractivity contribution in [1.82, 2.24) is 9.13 Å². The van der Waals surface area contributed by atoms with Gasteiger partial charge < -0.3 is 9.30 Å². The topological polar surface area (TPSA) is 53.2 Å². The zero-order valence-corrected chi connectivity index (χ0v) is 13.0. The standard InChI is InChI=1S/C16H20N2O3/c1-10-14(15(19)18(4)16(20)17(10)3)13-8-6-12(7-9-13)11(2)21-5/h6-9,11H,1-5H3. The first-order valence-corrected chi connectivity index (χ1v) is 6.78. The fourth-order valence-corrected chi connectivity index (χ4v) is 2.33. The van der Waals surface area contributed by atoms with Crippen LogP contribution in [0.2, 0.25) is 0 Å². The number of methoxy groups -OCH3 is 1. The molecule has 1 unspecified atom stereocenters. The zero-order valence-electron chi connectivity index (χ0n) is 13.0. The number of hydrogen-bond donors (Lipinski definition) is 0. The van der Waals surface area contributed by atoms with E-state index in [2.05, 4.69) is 0 Å². The summed E-state index contributed by atoms with van der Waals surface area (Å²) < 4.78 is 7.89. The molecule has 0 fully saturated rings. The Morgan fingerprint density at radius 1 is 1.05 bits per heavy atom. The Hall–Kier alpha value is -2.14. The van der Waals surface area contributed by atoms with Gasteiger partial charge in [0.25, 0.3) is 5.56 Å². The largest absolute Gasteiger partial charge is 0.377 e. The molecule has 21 heavy (non-hydrogen) atoms. The van der Waals surface area contributed by atoms with E-state index in [1.165, 1.54) is 11.6 Å². The molecule has 0 spiro atoms. The first kappa shape index (κ1) is 15.3. The van der Waals surface area contributed by atoms with Crippen LogP contribution in [-0.4, -0.2) is 16.2 Å². The minimum atomic E-state index is -0.314. The maximum atomic E-state index is 12.4. The van der Waals surface area contributed by atoms with Gasteiger partial charge in [-0.05, 0) is 25.0 Å². The van der Waals surface area contributed by atoms with Crippen molar-refractivity contribution >= 4 is 0 Å². The third-order valence-corrected chi connectivity index (χ3v) is 3.98. The monoisotopic (exact) mass is 288 g/mol. The molecule has 0 aliphatic carbocycles. The van der Waals surface area contributed by atoms with Gasteiger partial charge in [-0.1, -0.05) is 24.3 Å². The van der Waals surface area contributed by atoms with Crippen LogP contribution in [0.25, 0.3) is 11.1 Å². The van der Waals surface area contributed by atoms with Crippen molar-refractivity contribution in [2.45, 2.75) is 20.0 Å². The molecule has 0 saturated heterocycles. The molecule has 0 bridgehead atoms. The van der Waals surface area contributed by atoms with Crippen LogP contribution in [0, 0.1) is 6.92 Å². The van der Waals surface area contributed by atoms with Gasteiger partial charge in [0.15, 0.2) is 0 Å². The molecule has 5 heteroatoms. The van der Waals surface area contributed by atoms with Crippen LogP contribution in [0.5, 0.6) is 0 Å². The SMILES string of the molecule is COC(C)c1ccc(-c2c(C)n(C)c(=O)n(C)c2=O)cc1. The van der Waals surface area contributed by atoms with Gasteiger partial charge in [-0.15, -0.1) is 0 Å². The van der Waals surface area contributed by atoms with Gasteiger partial charge in [-0.2, -0.15) is 0 Å². The quantitative estimate of drug-likeness (QED) is 0.865. The van der Waals surface area contributed by atoms with Crippen molar-refractivity contribution in [3.05, 3.63) is 56.4 Å². The highest BCUT2D eigenvalue weighted by molar-refractivity contribution is 5.65. The summed E-state index contributed by atoms with van der Waals surface area (Å²) in [6.07, 6.45) is 0.00288. The number of ether oxygens (including phenoxy) is 1. The van der Waals surface area contributed by atoms with E-state index in [-0.39, 0.29) is 17.4 Å². The average molecular weight is 288 g/mol. The predicted octanol–water partition coefficient (Wildman–Crippen LogP) is 1.77. The summed E-state index contributed by atoms with van der Waals surface area (Å²) in [6, 6.07) is 7.65. The van der Waals surface area contributed by atoms with E-state index >= 15 is 0 Å². The van der Waals surface area contributed by atoms with Crippen molar-refractivity contribution in [2.24, 2.45) is 14.1 Å². The lowest BCUT2D eigenvalue weighted by Gasteiger charge is -2.14. The van der Waals surface area contributed by atoms with Crippen LogP contribution in [0.3, 0.4) is 0 Å². The van der Waals surface area contributed by atoms with Gasteiger partial charge >= 0.3 is 5.69 Å². The summed E-state index contributed by atoms with van der Waals surface area (Å²) in [5, 5.41) is 0. The number of rotatable bonds is 3. The zero-order chi connectivity index (χ0) is 15.7. The molecule has 0 saturated carbocycles. The van der Waals surface area contributed by atoms with Crippen LogP contribution in [0.1, 0.15) is 24.3 Å². The smallest absolute Gasteiger partial charge is 0.330 e. The number of hydrogen-bond acceptors (Lipinski definition) is 3. The van der Waals surface area contributed by atoms with Gasteiger partial charge in [0.05, 0.1) is 11.7 Å². The molecule has 1 aromatic heterocycles. The Balaban J connectivity index is 2.63. The van der Waals surface area contributed by atoms with Crippen molar-refractivity contribution in [3.8, 4) is 11.1 Å². The molecule has 1 atom stereocenters. The highest BCUT2D eigenvalue weighted by Crippen LogP contribution is 2.22. The molecule has 1 heterocycles. The molecule has 0 amide bonds. The lowest BCUT2D eigenvalue weighted by atomic mass is 10.0. The fraction of sp³-hybridized carbons (Fsp3) is 0.375. The van der Waals surface area contributed by atoms with Crippen molar-refractivity contribution in [2.75, 3.05) is 7.11 Å².